The topological polar surface area (TPSA) is 80.7 Å². The standard InChI is InChI=1S/C14H21N3O2/c15-14(17-18)13-8-12(6-7-16-13)10-19-9-11-4-2-1-3-5-11/h6-8,11,18H,1-5,9-10H2,(H2,15,17). The van der Waals surface area contributed by atoms with Crippen LogP contribution in [0.1, 0.15) is 43.4 Å². The Morgan fingerprint density at radius 2 is 2.21 bits per heavy atom. The molecule has 19 heavy (non-hydrogen) atoms. The number of pyridine rings is 1. The second-order valence-electron chi connectivity index (χ2n) is 5.05. The van der Waals surface area contributed by atoms with Gasteiger partial charge in [-0.15, -0.1) is 0 Å². The summed E-state index contributed by atoms with van der Waals surface area (Å²) in [6.07, 6.45) is 8.24. The normalized spacial score (nSPS) is 17.6. The molecule has 0 radical (unpaired) electrons. The smallest absolute Gasteiger partial charge is 0.188 e. The second-order valence-corrected chi connectivity index (χ2v) is 5.05. The van der Waals surface area contributed by atoms with E-state index in [0.717, 1.165) is 12.2 Å². The average Bonchev–Trinajstić information content (AvgIpc) is 2.48. The Morgan fingerprint density at radius 1 is 1.42 bits per heavy atom. The minimum atomic E-state index is 0.0223. The van der Waals surface area contributed by atoms with Gasteiger partial charge in [-0.25, -0.2) is 0 Å². The third kappa shape index (κ3) is 4.21. The van der Waals surface area contributed by atoms with Gasteiger partial charge in [-0.05, 0) is 36.5 Å². The lowest BCUT2D eigenvalue weighted by molar-refractivity contribution is 0.0739. The predicted octanol–water partition coefficient (Wildman–Crippen LogP) is 2.27. The van der Waals surface area contributed by atoms with E-state index in [-0.39, 0.29) is 5.84 Å². The van der Waals surface area contributed by atoms with E-state index in [4.69, 9.17) is 15.7 Å². The Morgan fingerprint density at radius 3 is 2.95 bits per heavy atom. The van der Waals surface area contributed by atoms with Gasteiger partial charge in [-0.3, -0.25) is 4.98 Å². The van der Waals surface area contributed by atoms with Crippen LogP contribution >= 0.6 is 0 Å². The maximum atomic E-state index is 8.62. The highest BCUT2D eigenvalue weighted by molar-refractivity contribution is 5.95. The minimum absolute atomic E-state index is 0.0223. The van der Waals surface area contributed by atoms with E-state index in [0.29, 0.717) is 18.2 Å². The lowest BCUT2D eigenvalue weighted by atomic mass is 9.90. The molecule has 2 rings (SSSR count). The third-order valence-electron chi connectivity index (χ3n) is 3.54. The van der Waals surface area contributed by atoms with Crippen molar-refractivity contribution in [1.29, 1.82) is 0 Å². The number of ether oxygens (including phenoxy) is 1. The van der Waals surface area contributed by atoms with Crippen LogP contribution in [0.25, 0.3) is 0 Å². The monoisotopic (exact) mass is 263 g/mol. The van der Waals surface area contributed by atoms with E-state index >= 15 is 0 Å². The second kappa shape index (κ2) is 7.09. The summed E-state index contributed by atoms with van der Waals surface area (Å²) in [5.41, 5.74) is 6.97. The van der Waals surface area contributed by atoms with Crippen molar-refractivity contribution in [3.63, 3.8) is 0 Å². The molecule has 1 aliphatic rings. The zero-order valence-corrected chi connectivity index (χ0v) is 11.1. The average molecular weight is 263 g/mol. The van der Waals surface area contributed by atoms with Crippen molar-refractivity contribution in [3.05, 3.63) is 29.6 Å². The van der Waals surface area contributed by atoms with Crippen molar-refractivity contribution in [1.82, 2.24) is 4.98 Å². The fourth-order valence-corrected chi connectivity index (χ4v) is 2.45. The van der Waals surface area contributed by atoms with Crippen LogP contribution in [0.2, 0.25) is 0 Å². The highest BCUT2D eigenvalue weighted by Gasteiger charge is 2.13. The van der Waals surface area contributed by atoms with Crippen LogP contribution < -0.4 is 5.73 Å². The highest BCUT2D eigenvalue weighted by Crippen LogP contribution is 2.23. The number of aromatic nitrogens is 1. The molecule has 1 aromatic heterocycles. The quantitative estimate of drug-likeness (QED) is 0.369. The molecule has 0 spiro atoms. The van der Waals surface area contributed by atoms with E-state index in [1.54, 1.807) is 12.3 Å². The zero-order valence-electron chi connectivity index (χ0n) is 11.1. The first-order valence-corrected chi connectivity index (χ1v) is 6.80. The number of nitrogens with two attached hydrogens (primary N) is 1. The fourth-order valence-electron chi connectivity index (χ4n) is 2.45. The van der Waals surface area contributed by atoms with Crippen molar-refractivity contribution in [2.24, 2.45) is 16.8 Å². The Hall–Kier alpha value is -1.62. The first-order chi connectivity index (χ1) is 9.29. The number of nitrogens with zero attached hydrogens (tertiary/aromatic N) is 2. The molecule has 1 fully saturated rings. The van der Waals surface area contributed by atoms with Crippen LogP contribution in [-0.2, 0) is 11.3 Å². The number of amidine groups is 1. The van der Waals surface area contributed by atoms with Crippen LogP contribution in [0.3, 0.4) is 0 Å². The van der Waals surface area contributed by atoms with E-state index in [1.807, 2.05) is 6.07 Å². The molecule has 0 unspecified atom stereocenters. The first kappa shape index (κ1) is 13.8. The van der Waals surface area contributed by atoms with Crippen LogP contribution in [0.5, 0.6) is 0 Å². The maximum Gasteiger partial charge on any atom is 0.188 e. The van der Waals surface area contributed by atoms with Gasteiger partial charge < -0.3 is 15.7 Å². The van der Waals surface area contributed by atoms with Gasteiger partial charge >= 0.3 is 0 Å². The molecular weight excluding hydrogens is 242 g/mol. The number of oxime groups is 1. The van der Waals surface area contributed by atoms with Crippen LogP contribution in [0.15, 0.2) is 23.5 Å². The number of rotatable bonds is 5. The first-order valence-electron chi connectivity index (χ1n) is 6.80. The molecule has 1 heterocycles. The van der Waals surface area contributed by atoms with Gasteiger partial charge in [0, 0.05) is 12.8 Å². The van der Waals surface area contributed by atoms with Gasteiger partial charge in [0.25, 0.3) is 0 Å². The van der Waals surface area contributed by atoms with Gasteiger partial charge in [0.15, 0.2) is 5.84 Å². The summed E-state index contributed by atoms with van der Waals surface area (Å²) in [6, 6.07) is 3.67. The van der Waals surface area contributed by atoms with Crippen LogP contribution in [-0.4, -0.2) is 22.6 Å². The lowest BCUT2D eigenvalue weighted by Gasteiger charge is -2.21. The SMILES string of the molecule is NC(=NO)c1cc(COCC2CCCCC2)ccn1. The van der Waals surface area contributed by atoms with Crippen molar-refractivity contribution >= 4 is 5.84 Å². The predicted molar refractivity (Wildman–Crippen MR) is 73.0 cm³/mol. The number of hydrogen-bond donors (Lipinski definition) is 2. The van der Waals surface area contributed by atoms with Gasteiger partial charge in [-0.1, -0.05) is 24.4 Å². The molecule has 5 heteroatoms. The molecule has 0 bridgehead atoms. The summed E-state index contributed by atoms with van der Waals surface area (Å²) in [7, 11) is 0. The summed E-state index contributed by atoms with van der Waals surface area (Å²) in [4.78, 5) is 4.04. The molecule has 0 aliphatic heterocycles. The largest absolute Gasteiger partial charge is 0.409 e. The molecular formula is C14H21N3O2. The summed E-state index contributed by atoms with van der Waals surface area (Å²) in [6.45, 7) is 1.37. The van der Waals surface area contributed by atoms with Gasteiger partial charge in [0.1, 0.15) is 5.69 Å². The molecule has 3 N–H and O–H groups in total. The lowest BCUT2D eigenvalue weighted by Crippen LogP contribution is -2.16. The molecule has 0 amide bonds. The Labute approximate surface area is 113 Å². The number of hydrogen-bond acceptors (Lipinski definition) is 4. The summed E-state index contributed by atoms with van der Waals surface area (Å²) in [5, 5.41) is 11.6. The molecule has 0 atom stereocenters. The summed E-state index contributed by atoms with van der Waals surface area (Å²) >= 11 is 0. The van der Waals surface area contributed by atoms with E-state index < -0.39 is 0 Å². The molecule has 104 valence electrons. The molecule has 1 aromatic rings. The van der Waals surface area contributed by atoms with Crippen LogP contribution in [0, 0.1) is 5.92 Å². The Bertz CT molecular complexity index is 428. The molecule has 5 nitrogen and oxygen atoms in total. The van der Waals surface area contributed by atoms with Crippen molar-refractivity contribution in [2.75, 3.05) is 6.61 Å². The third-order valence-corrected chi connectivity index (χ3v) is 3.54. The van der Waals surface area contributed by atoms with Crippen LogP contribution in [0.4, 0.5) is 0 Å². The molecule has 0 saturated heterocycles. The van der Waals surface area contributed by atoms with E-state index in [9.17, 15) is 0 Å². The fraction of sp³-hybridized carbons (Fsp3) is 0.571. The van der Waals surface area contributed by atoms with Gasteiger partial charge in [-0.2, -0.15) is 0 Å². The zero-order chi connectivity index (χ0) is 13.5. The van der Waals surface area contributed by atoms with Gasteiger partial charge in [0.2, 0.25) is 0 Å². The minimum Gasteiger partial charge on any atom is -0.409 e. The molecule has 0 aromatic carbocycles. The Balaban J connectivity index is 1.82. The van der Waals surface area contributed by atoms with Gasteiger partial charge in [0.05, 0.1) is 6.61 Å². The maximum absolute atomic E-state index is 8.62. The van der Waals surface area contributed by atoms with Crippen molar-refractivity contribution < 1.29 is 9.94 Å². The van der Waals surface area contributed by atoms with Crippen molar-refractivity contribution in [2.45, 2.75) is 38.7 Å². The summed E-state index contributed by atoms with van der Waals surface area (Å²) < 4.78 is 5.76. The van der Waals surface area contributed by atoms with Crippen molar-refractivity contribution in [3.8, 4) is 0 Å². The van der Waals surface area contributed by atoms with E-state index in [2.05, 4.69) is 10.1 Å². The molecule has 1 saturated carbocycles. The highest BCUT2D eigenvalue weighted by atomic mass is 16.5. The van der Waals surface area contributed by atoms with E-state index in [1.165, 1.54) is 32.1 Å². The Kier molecular flexibility index (Phi) is 5.15. The summed E-state index contributed by atoms with van der Waals surface area (Å²) in [5.74, 6) is 0.730. The molecule has 1 aliphatic carbocycles.